The summed E-state index contributed by atoms with van der Waals surface area (Å²) < 4.78 is 11.9. The molecule has 0 saturated heterocycles. The van der Waals surface area contributed by atoms with E-state index in [9.17, 15) is 10.1 Å². The van der Waals surface area contributed by atoms with Crippen LogP contribution >= 0.6 is 0 Å². The Kier molecular flexibility index (Phi) is 6.41. The Morgan fingerprint density at radius 2 is 1.39 bits per heavy atom. The van der Waals surface area contributed by atoms with E-state index in [2.05, 4.69) is 0 Å². The first kappa shape index (κ1) is 19.2. The lowest BCUT2D eigenvalue weighted by Gasteiger charge is -2.14. The quantitative estimate of drug-likeness (QED) is 0.386. The number of ether oxygens (including phenoxy) is 2. The number of nitrogens with zero attached hydrogens (tertiary/aromatic N) is 1. The number of rotatable bonds is 8. The maximum absolute atomic E-state index is 10.9. The van der Waals surface area contributed by atoms with Crippen LogP contribution in [0.5, 0.6) is 11.5 Å². The molecule has 0 bridgehead atoms. The number of hydrogen-bond acceptors (Lipinski definition) is 4. The van der Waals surface area contributed by atoms with Gasteiger partial charge in [-0.2, -0.15) is 0 Å². The van der Waals surface area contributed by atoms with Gasteiger partial charge in [-0.15, -0.1) is 0 Å². The minimum Gasteiger partial charge on any atom is -0.485 e. The van der Waals surface area contributed by atoms with Crippen LogP contribution in [-0.4, -0.2) is 4.92 Å². The third kappa shape index (κ3) is 5.45. The molecule has 5 heteroatoms. The SMILES string of the molecule is C/C(=C\c1ccc(OCc2ccccc2)c(OCc2ccccc2)c1)[N+](=O)[O-]. The van der Waals surface area contributed by atoms with E-state index in [1.54, 1.807) is 18.2 Å². The van der Waals surface area contributed by atoms with Gasteiger partial charge < -0.3 is 9.47 Å². The Morgan fingerprint density at radius 3 is 1.93 bits per heavy atom. The molecule has 0 unspecified atom stereocenters. The standard InChI is InChI=1S/C23H21NO4/c1-18(24(25)26)14-21-12-13-22(27-16-19-8-4-2-5-9-19)23(15-21)28-17-20-10-6-3-7-11-20/h2-15H,16-17H2,1H3/b18-14+. The molecule has 142 valence electrons. The van der Waals surface area contributed by atoms with Gasteiger partial charge in [-0.3, -0.25) is 10.1 Å². The van der Waals surface area contributed by atoms with Crippen molar-refractivity contribution in [2.24, 2.45) is 0 Å². The highest BCUT2D eigenvalue weighted by Gasteiger charge is 2.10. The highest BCUT2D eigenvalue weighted by Crippen LogP contribution is 2.31. The molecule has 0 radical (unpaired) electrons. The first-order valence-corrected chi connectivity index (χ1v) is 8.92. The van der Waals surface area contributed by atoms with Crippen molar-refractivity contribution in [3.8, 4) is 11.5 Å². The minimum absolute atomic E-state index is 0.0620. The van der Waals surface area contributed by atoms with Gasteiger partial charge in [-0.05, 0) is 28.8 Å². The first-order chi connectivity index (χ1) is 13.6. The van der Waals surface area contributed by atoms with Crippen molar-refractivity contribution >= 4 is 6.08 Å². The summed E-state index contributed by atoms with van der Waals surface area (Å²) in [5.74, 6) is 1.14. The van der Waals surface area contributed by atoms with Gasteiger partial charge in [0, 0.05) is 13.0 Å². The van der Waals surface area contributed by atoms with E-state index < -0.39 is 4.92 Å². The molecule has 0 saturated carbocycles. The highest BCUT2D eigenvalue weighted by molar-refractivity contribution is 5.56. The topological polar surface area (TPSA) is 61.6 Å². The van der Waals surface area contributed by atoms with Gasteiger partial charge in [0.2, 0.25) is 5.70 Å². The molecular formula is C23H21NO4. The zero-order valence-corrected chi connectivity index (χ0v) is 15.6. The van der Waals surface area contributed by atoms with Gasteiger partial charge in [-0.25, -0.2) is 0 Å². The second-order valence-corrected chi connectivity index (χ2v) is 6.30. The Bertz CT molecular complexity index is 953. The Labute approximate surface area is 164 Å². The number of hydrogen-bond donors (Lipinski definition) is 0. The maximum atomic E-state index is 10.9. The summed E-state index contributed by atoms with van der Waals surface area (Å²) in [7, 11) is 0. The molecule has 3 rings (SSSR count). The van der Waals surface area contributed by atoms with E-state index in [0.29, 0.717) is 30.3 Å². The third-order valence-electron chi connectivity index (χ3n) is 4.11. The van der Waals surface area contributed by atoms with Crippen molar-refractivity contribution in [1.82, 2.24) is 0 Å². The molecule has 3 aromatic carbocycles. The number of allylic oxidation sites excluding steroid dienone is 1. The molecule has 3 aromatic rings. The normalized spacial score (nSPS) is 11.1. The van der Waals surface area contributed by atoms with Crippen LogP contribution in [0, 0.1) is 10.1 Å². The second kappa shape index (κ2) is 9.37. The largest absolute Gasteiger partial charge is 0.485 e. The van der Waals surface area contributed by atoms with Crippen LogP contribution in [-0.2, 0) is 13.2 Å². The fourth-order valence-corrected chi connectivity index (χ4v) is 2.61. The van der Waals surface area contributed by atoms with Crippen molar-refractivity contribution in [1.29, 1.82) is 0 Å². The van der Waals surface area contributed by atoms with Crippen LogP contribution in [0.15, 0.2) is 84.6 Å². The molecule has 0 aromatic heterocycles. The molecule has 0 heterocycles. The summed E-state index contributed by atoms with van der Waals surface area (Å²) in [6.07, 6.45) is 1.51. The molecule has 0 N–H and O–H groups in total. The van der Waals surface area contributed by atoms with Crippen molar-refractivity contribution in [3.05, 3.63) is 111 Å². The van der Waals surface area contributed by atoms with Crippen molar-refractivity contribution in [2.75, 3.05) is 0 Å². The molecule has 0 aliphatic rings. The van der Waals surface area contributed by atoms with Gasteiger partial charge in [0.1, 0.15) is 13.2 Å². The molecule has 0 fully saturated rings. The fraction of sp³-hybridized carbons (Fsp3) is 0.130. The minimum atomic E-state index is -0.412. The van der Waals surface area contributed by atoms with Gasteiger partial charge in [-0.1, -0.05) is 66.7 Å². The lowest BCUT2D eigenvalue weighted by atomic mass is 10.1. The van der Waals surface area contributed by atoms with Gasteiger partial charge in [0.05, 0.1) is 4.92 Å². The van der Waals surface area contributed by atoms with Crippen molar-refractivity contribution in [2.45, 2.75) is 20.1 Å². The highest BCUT2D eigenvalue weighted by atomic mass is 16.6. The monoisotopic (exact) mass is 375 g/mol. The number of benzene rings is 3. The van der Waals surface area contributed by atoms with Crippen molar-refractivity contribution < 1.29 is 14.4 Å². The second-order valence-electron chi connectivity index (χ2n) is 6.30. The lowest BCUT2D eigenvalue weighted by Crippen LogP contribution is -2.01. The Morgan fingerprint density at radius 1 is 0.857 bits per heavy atom. The van der Waals surface area contributed by atoms with E-state index in [0.717, 1.165) is 11.1 Å². The average molecular weight is 375 g/mol. The molecule has 0 amide bonds. The summed E-state index contributed by atoms with van der Waals surface area (Å²) in [6.45, 7) is 2.25. The molecule has 0 aliphatic carbocycles. The van der Waals surface area contributed by atoms with Crippen molar-refractivity contribution in [3.63, 3.8) is 0 Å². The van der Waals surface area contributed by atoms with Crippen LogP contribution in [0.4, 0.5) is 0 Å². The lowest BCUT2D eigenvalue weighted by molar-refractivity contribution is -0.422. The molecule has 28 heavy (non-hydrogen) atoms. The zero-order chi connectivity index (χ0) is 19.8. The maximum Gasteiger partial charge on any atom is 0.243 e. The van der Waals surface area contributed by atoms with E-state index >= 15 is 0 Å². The molecule has 0 atom stereocenters. The Hall–Kier alpha value is -3.60. The van der Waals surface area contributed by atoms with E-state index in [-0.39, 0.29) is 5.70 Å². The molecule has 0 aliphatic heterocycles. The first-order valence-electron chi connectivity index (χ1n) is 8.92. The van der Waals surface area contributed by atoms with Gasteiger partial charge >= 0.3 is 0 Å². The molecule has 5 nitrogen and oxygen atoms in total. The smallest absolute Gasteiger partial charge is 0.243 e. The van der Waals surface area contributed by atoms with E-state index in [1.807, 2.05) is 60.7 Å². The van der Waals surface area contributed by atoms with Gasteiger partial charge in [0.25, 0.3) is 0 Å². The van der Waals surface area contributed by atoms with E-state index in [1.165, 1.54) is 13.0 Å². The van der Waals surface area contributed by atoms with Crippen LogP contribution < -0.4 is 9.47 Å². The molecule has 0 spiro atoms. The summed E-state index contributed by atoms with van der Waals surface area (Å²) in [5, 5.41) is 10.9. The van der Waals surface area contributed by atoms with Crippen LogP contribution in [0.3, 0.4) is 0 Å². The van der Waals surface area contributed by atoms with Gasteiger partial charge in [0.15, 0.2) is 11.5 Å². The third-order valence-corrected chi connectivity index (χ3v) is 4.11. The van der Waals surface area contributed by atoms with Crippen LogP contribution in [0.1, 0.15) is 23.6 Å². The van der Waals surface area contributed by atoms with E-state index in [4.69, 9.17) is 9.47 Å². The van der Waals surface area contributed by atoms with Crippen LogP contribution in [0.2, 0.25) is 0 Å². The Balaban J connectivity index is 1.82. The van der Waals surface area contributed by atoms with Crippen LogP contribution in [0.25, 0.3) is 6.08 Å². The summed E-state index contributed by atoms with van der Waals surface area (Å²) in [5.41, 5.74) is 2.82. The predicted octanol–water partition coefficient (Wildman–Crippen LogP) is 5.48. The molecular weight excluding hydrogens is 354 g/mol. The fourth-order valence-electron chi connectivity index (χ4n) is 2.61. The summed E-state index contributed by atoms with van der Waals surface area (Å²) >= 11 is 0. The summed E-state index contributed by atoms with van der Waals surface area (Å²) in [6, 6.07) is 25.0. The number of nitro groups is 1. The zero-order valence-electron chi connectivity index (χ0n) is 15.6. The summed E-state index contributed by atoms with van der Waals surface area (Å²) in [4.78, 5) is 10.5. The predicted molar refractivity (Wildman–Crippen MR) is 109 cm³/mol. The average Bonchev–Trinajstić information content (AvgIpc) is 2.73.